The van der Waals surface area contributed by atoms with Crippen molar-refractivity contribution in [2.75, 3.05) is 0 Å². The van der Waals surface area contributed by atoms with Gasteiger partial charge in [-0.2, -0.15) is 0 Å². The second kappa shape index (κ2) is 6.60. The van der Waals surface area contributed by atoms with Gasteiger partial charge in [-0.1, -0.05) is 27.2 Å². The summed E-state index contributed by atoms with van der Waals surface area (Å²) in [5.74, 6) is 0.198. The summed E-state index contributed by atoms with van der Waals surface area (Å²) in [5, 5.41) is 2.91. The largest absolute Gasteiger partial charge is 0.342 e. The lowest BCUT2D eigenvalue weighted by atomic mass is 9.93. The van der Waals surface area contributed by atoms with E-state index in [0.717, 1.165) is 11.3 Å². The van der Waals surface area contributed by atoms with Crippen LogP contribution >= 0.6 is 11.3 Å². The summed E-state index contributed by atoms with van der Waals surface area (Å²) in [6.07, 6.45) is 1.52. The van der Waals surface area contributed by atoms with E-state index in [9.17, 15) is 9.59 Å². The molecule has 1 aliphatic rings. The number of carbonyl (C=O) groups is 2. The first-order valence-corrected chi connectivity index (χ1v) is 8.45. The molecule has 3 unspecified atom stereocenters. The first-order valence-electron chi connectivity index (χ1n) is 7.64. The lowest BCUT2D eigenvalue weighted by Gasteiger charge is -2.40. The van der Waals surface area contributed by atoms with Crippen molar-refractivity contribution in [2.24, 2.45) is 5.92 Å². The van der Waals surface area contributed by atoms with Crippen LogP contribution < -0.4 is 5.32 Å². The summed E-state index contributed by atoms with van der Waals surface area (Å²) < 4.78 is 0. The van der Waals surface area contributed by atoms with Gasteiger partial charge < -0.3 is 10.2 Å². The zero-order valence-electron chi connectivity index (χ0n) is 13.2. The van der Waals surface area contributed by atoms with Crippen molar-refractivity contribution in [3.63, 3.8) is 0 Å². The van der Waals surface area contributed by atoms with Crippen molar-refractivity contribution in [3.05, 3.63) is 21.9 Å². The van der Waals surface area contributed by atoms with E-state index in [1.165, 1.54) is 4.88 Å². The Morgan fingerprint density at radius 1 is 1.33 bits per heavy atom. The Bertz CT molecular complexity index is 526. The average molecular weight is 308 g/mol. The normalized spacial score (nSPS) is 24.1. The lowest BCUT2D eigenvalue weighted by molar-refractivity contribution is -0.151. The molecule has 1 N–H and O–H groups in total. The van der Waals surface area contributed by atoms with Crippen LogP contribution in [0.2, 0.25) is 0 Å². The number of nitrogens with one attached hydrogen (secondary N) is 1. The molecule has 2 rings (SSSR count). The van der Waals surface area contributed by atoms with Gasteiger partial charge in [0, 0.05) is 9.75 Å². The van der Waals surface area contributed by atoms with E-state index in [0.29, 0.717) is 13.0 Å². The van der Waals surface area contributed by atoms with E-state index in [1.54, 1.807) is 16.2 Å². The highest BCUT2D eigenvalue weighted by Crippen LogP contribution is 2.24. The Morgan fingerprint density at radius 3 is 2.57 bits per heavy atom. The molecule has 116 valence electrons. The number of aryl methyl sites for hydroxylation is 1. The van der Waals surface area contributed by atoms with E-state index in [4.69, 9.17) is 0 Å². The lowest BCUT2D eigenvalue weighted by Crippen LogP contribution is -2.64. The van der Waals surface area contributed by atoms with Crippen LogP contribution in [0.4, 0.5) is 0 Å². The molecule has 3 atom stereocenters. The molecule has 5 heteroatoms. The van der Waals surface area contributed by atoms with Crippen molar-refractivity contribution in [3.8, 4) is 0 Å². The molecule has 2 heterocycles. The maximum absolute atomic E-state index is 12.8. The quantitative estimate of drug-likeness (QED) is 0.909. The summed E-state index contributed by atoms with van der Waals surface area (Å²) in [6.45, 7) is 8.60. The van der Waals surface area contributed by atoms with Gasteiger partial charge in [0.25, 0.3) is 0 Å². The molecule has 0 spiro atoms. The molecule has 4 nitrogen and oxygen atoms in total. The van der Waals surface area contributed by atoms with Crippen molar-refractivity contribution >= 4 is 23.2 Å². The molecule has 2 amide bonds. The van der Waals surface area contributed by atoms with Gasteiger partial charge in [0.05, 0.1) is 6.54 Å². The summed E-state index contributed by atoms with van der Waals surface area (Å²) in [5.41, 5.74) is 0. The third-order valence-electron chi connectivity index (χ3n) is 4.25. The molecule has 1 aromatic rings. The average Bonchev–Trinajstić information content (AvgIpc) is 2.87. The predicted octanol–water partition coefficient (Wildman–Crippen LogP) is 2.71. The molecule has 21 heavy (non-hydrogen) atoms. The Balaban J connectivity index is 2.24. The van der Waals surface area contributed by atoms with Crippen LogP contribution in [0.15, 0.2) is 12.1 Å². The highest BCUT2D eigenvalue weighted by molar-refractivity contribution is 7.11. The first-order chi connectivity index (χ1) is 9.97. The predicted molar refractivity (Wildman–Crippen MR) is 85.1 cm³/mol. The van der Waals surface area contributed by atoms with Crippen LogP contribution in [0.1, 0.15) is 43.4 Å². The first kappa shape index (κ1) is 16.0. The van der Waals surface area contributed by atoms with Crippen LogP contribution in [0, 0.1) is 12.8 Å². The number of piperazine rings is 1. The highest BCUT2D eigenvalue weighted by atomic mass is 32.1. The van der Waals surface area contributed by atoms with E-state index in [1.807, 2.05) is 26.8 Å². The van der Waals surface area contributed by atoms with Crippen LogP contribution in [0.25, 0.3) is 0 Å². The zero-order chi connectivity index (χ0) is 15.6. The summed E-state index contributed by atoms with van der Waals surface area (Å²) in [4.78, 5) is 29.2. The summed E-state index contributed by atoms with van der Waals surface area (Å²) >= 11 is 1.69. The maximum atomic E-state index is 12.8. The molecule has 1 aliphatic heterocycles. The Morgan fingerprint density at radius 2 is 2.05 bits per heavy atom. The van der Waals surface area contributed by atoms with Gasteiger partial charge in [-0.25, -0.2) is 0 Å². The van der Waals surface area contributed by atoms with E-state index >= 15 is 0 Å². The number of carbonyl (C=O) groups excluding carboxylic acids is 2. The molecule has 1 saturated heterocycles. The number of hydrogen-bond acceptors (Lipinski definition) is 3. The fraction of sp³-hybridized carbons (Fsp3) is 0.625. The van der Waals surface area contributed by atoms with Gasteiger partial charge in [-0.3, -0.25) is 9.59 Å². The zero-order valence-corrected chi connectivity index (χ0v) is 14.0. The number of rotatable bonds is 5. The van der Waals surface area contributed by atoms with E-state index in [2.05, 4.69) is 18.3 Å². The van der Waals surface area contributed by atoms with Crippen molar-refractivity contribution in [1.29, 1.82) is 0 Å². The highest BCUT2D eigenvalue weighted by Gasteiger charge is 2.41. The smallest absolute Gasteiger partial charge is 0.246 e. The molecule has 0 bridgehead atoms. The second-order valence-electron chi connectivity index (χ2n) is 5.77. The maximum Gasteiger partial charge on any atom is 0.246 e. The van der Waals surface area contributed by atoms with Gasteiger partial charge in [0.2, 0.25) is 11.8 Å². The van der Waals surface area contributed by atoms with Crippen LogP contribution in [-0.4, -0.2) is 28.8 Å². The Labute approximate surface area is 130 Å². The number of nitrogens with zero attached hydrogens (tertiary/aromatic N) is 1. The summed E-state index contributed by atoms with van der Waals surface area (Å²) in [6, 6.07) is 3.37. The minimum atomic E-state index is -0.383. The van der Waals surface area contributed by atoms with E-state index in [-0.39, 0.29) is 29.8 Å². The van der Waals surface area contributed by atoms with Crippen molar-refractivity contribution in [1.82, 2.24) is 10.2 Å². The van der Waals surface area contributed by atoms with Crippen molar-refractivity contribution in [2.45, 2.75) is 59.2 Å². The minimum absolute atomic E-state index is 0.0179. The van der Waals surface area contributed by atoms with Gasteiger partial charge in [0.1, 0.15) is 12.1 Å². The Kier molecular flexibility index (Phi) is 5.04. The minimum Gasteiger partial charge on any atom is -0.342 e. The number of amides is 2. The molecule has 0 saturated carbocycles. The fourth-order valence-electron chi connectivity index (χ4n) is 2.74. The van der Waals surface area contributed by atoms with Crippen LogP contribution in [-0.2, 0) is 16.1 Å². The van der Waals surface area contributed by atoms with Gasteiger partial charge >= 0.3 is 0 Å². The molecule has 0 radical (unpaired) electrons. The third kappa shape index (κ3) is 3.28. The van der Waals surface area contributed by atoms with E-state index < -0.39 is 0 Å². The molecule has 0 aliphatic carbocycles. The number of thiophene rings is 1. The van der Waals surface area contributed by atoms with Crippen molar-refractivity contribution < 1.29 is 9.59 Å². The van der Waals surface area contributed by atoms with Gasteiger partial charge in [-0.15, -0.1) is 11.3 Å². The molecule has 1 aromatic heterocycles. The molecule has 1 fully saturated rings. The monoisotopic (exact) mass is 308 g/mol. The molecular formula is C16H24N2O2S. The van der Waals surface area contributed by atoms with Gasteiger partial charge in [0.15, 0.2) is 0 Å². The topological polar surface area (TPSA) is 49.4 Å². The second-order valence-corrected chi connectivity index (χ2v) is 7.15. The fourth-order valence-corrected chi connectivity index (χ4v) is 3.63. The summed E-state index contributed by atoms with van der Waals surface area (Å²) in [7, 11) is 0. The molecule has 0 aromatic carbocycles. The van der Waals surface area contributed by atoms with Crippen LogP contribution in [0.3, 0.4) is 0 Å². The molecular weight excluding hydrogens is 284 g/mol. The number of hydrogen-bond donors (Lipinski definition) is 1. The van der Waals surface area contributed by atoms with Crippen LogP contribution in [0.5, 0.6) is 0 Å². The van der Waals surface area contributed by atoms with Gasteiger partial charge in [-0.05, 0) is 31.4 Å². The third-order valence-corrected chi connectivity index (χ3v) is 5.23. The standard InChI is InChI=1S/C16H24N2O2S/c1-5-10(3)14-16(20)18(13(6-2)15(19)17-14)9-12-8-7-11(4)21-12/h7-8,10,13-14H,5-6,9H2,1-4H3,(H,17,19). The Hall–Kier alpha value is -1.36. The SMILES string of the molecule is CCC(C)C1NC(=O)C(CC)N(Cc2ccc(C)s2)C1=O.